The summed E-state index contributed by atoms with van der Waals surface area (Å²) in [6, 6.07) is -0.153. The maximum atomic E-state index is 11.1. The number of rotatable bonds is 6. The second-order valence-corrected chi connectivity index (χ2v) is 4.20. The summed E-state index contributed by atoms with van der Waals surface area (Å²) >= 11 is 1.37. The van der Waals surface area contributed by atoms with Gasteiger partial charge in [0.2, 0.25) is 0 Å². The Hall–Kier alpha value is -1.50. The summed E-state index contributed by atoms with van der Waals surface area (Å²) in [5.74, 6) is 1.61. The summed E-state index contributed by atoms with van der Waals surface area (Å²) < 4.78 is 2.69. The van der Waals surface area contributed by atoms with E-state index < -0.39 is 0 Å². The average Bonchev–Trinajstić information content (AvgIpc) is 2.36. The molecule has 0 radical (unpaired) electrons. The number of carbonyl (C=O) groups excluding carboxylic acids is 1. The van der Waals surface area contributed by atoms with E-state index in [1.165, 1.54) is 11.9 Å². The van der Waals surface area contributed by atoms with Crippen LogP contribution in [0.2, 0.25) is 0 Å². The molecule has 0 spiro atoms. The van der Waals surface area contributed by atoms with Crippen molar-refractivity contribution < 1.29 is 4.79 Å². The molecular weight excluding hydrogens is 238 g/mol. The smallest absolute Gasteiger partial charge is 0.324 e. The molecule has 6 nitrogen and oxygen atoms in total. The van der Waals surface area contributed by atoms with Gasteiger partial charge in [0.1, 0.15) is 5.82 Å². The van der Waals surface area contributed by atoms with Crippen LogP contribution < -0.4 is 14.9 Å². The standard InChI is InChI=1S/C10H17N5OS/c1-3-12-10(16)14-17-7-6-15(2)9-8-11-4-5-13-9/h4-5,8H,3,6-7H2,1-2H3,(H2,12,14,16). The van der Waals surface area contributed by atoms with Gasteiger partial charge in [-0.15, -0.1) is 0 Å². The number of urea groups is 1. The average molecular weight is 255 g/mol. The second-order valence-electron chi connectivity index (χ2n) is 3.30. The van der Waals surface area contributed by atoms with Crippen molar-refractivity contribution >= 4 is 23.8 Å². The zero-order valence-corrected chi connectivity index (χ0v) is 10.8. The van der Waals surface area contributed by atoms with Gasteiger partial charge in [-0.1, -0.05) is 0 Å². The van der Waals surface area contributed by atoms with Gasteiger partial charge in [-0.2, -0.15) is 0 Å². The minimum atomic E-state index is -0.153. The van der Waals surface area contributed by atoms with Crippen molar-refractivity contribution in [3.05, 3.63) is 18.6 Å². The normalized spacial score (nSPS) is 9.76. The maximum absolute atomic E-state index is 11.1. The molecule has 1 heterocycles. The summed E-state index contributed by atoms with van der Waals surface area (Å²) in [7, 11) is 1.94. The Kier molecular flexibility index (Phi) is 6.16. The molecule has 0 unspecified atom stereocenters. The number of hydrogen-bond acceptors (Lipinski definition) is 5. The number of hydrogen-bond donors (Lipinski definition) is 2. The molecule has 7 heteroatoms. The third kappa shape index (κ3) is 5.39. The molecule has 0 aliphatic carbocycles. The van der Waals surface area contributed by atoms with E-state index in [9.17, 15) is 4.79 Å². The molecule has 1 rings (SSSR count). The van der Waals surface area contributed by atoms with Crippen molar-refractivity contribution in [2.75, 3.05) is 30.8 Å². The number of anilines is 1. The SMILES string of the molecule is CCNC(=O)NSCCN(C)c1cnccn1. The summed E-state index contributed by atoms with van der Waals surface area (Å²) in [5, 5.41) is 2.66. The number of amides is 2. The van der Waals surface area contributed by atoms with E-state index in [0.29, 0.717) is 6.54 Å². The molecule has 0 atom stereocenters. The zero-order chi connectivity index (χ0) is 12.5. The first-order valence-corrected chi connectivity index (χ1v) is 6.35. The molecule has 94 valence electrons. The van der Waals surface area contributed by atoms with E-state index in [0.717, 1.165) is 18.1 Å². The van der Waals surface area contributed by atoms with Crippen molar-refractivity contribution in [1.29, 1.82) is 0 Å². The summed E-state index contributed by atoms with van der Waals surface area (Å²) in [4.78, 5) is 21.2. The lowest BCUT2D eigenvalue weighted by Crippen LogP contribution is -2.32. The van der Waals surface area contributed by atoms with Gasteiger partial charge in [0.05, 0.1) is 6.20 Å². The molecule has 0 fully saturated rings. The molecule has 0 aliphatic rings. The highest BCUT2D eigenvalue weighted by Crippen LogP contribution is 2.05. The van der Waals surface area contributed by atoms with Gasteiger partial charge in [-0.05, 0) is 18.9 Å². The molecule has 0 bridgehead atoms. The lowest BCUT2D eigenvalue weighted by Gasteiger charge is -2.16. The van der Waals surface area contributed by atoms with Crippen LogP contribution in [-0.4, -0.2) is 41.9 Å². The Labute approximate surface area is 105 Å². The molecule has 1 aromatic rings. The van der Waals surface area contributed by atoms with Gasteiger partial charge in [0.25, 0.3) is 0 Å². The van der Waals surface area contributed by atoms with Crippen LogP contribution in [0.5, 0.6) is 0 Å². The van der Waals surface area contributed by atoms with E-state index in [2.05, 4.69) is 20.0 Å². The molecule has 2 amide bonds. The Bertz CT molecular complexity index is 335. The van der Waals surface area contributed by atoms with E-state index in [1.54, 1.807) is 18.6 Å². The lowest BCUT2D eigenvalue weighted by molar-refractivity contribution is 0.247. The van der Waals surface area contributed by atoms with Crippen LogP contribution in [0.4, 0.5) is 10.6 Å². The van der Waals surface area contributed by atoms with Crippen LogP contribution >= 0.6 is 11.9 Å². The lowest BCUT2D eigenvalue weighted by atomic mass is 10.5. The first-order chi connectivity index (χ1) is 8.24. The van der Waals surface area contributed by atoms with Gasteiger partial charge in [0.15, 0.2) is 0 Å². The Balaban J connectivity index is 2.17. The molecule has 0 saturated heterocycles. The van der Waals surface area contributed by atoms with Crippen molar-refractivity contribution in [2.45, 2.75) is 6.92 Å². The second kappa shape index (κ2) is 7.72. The minimum absolute atomic E-state index is 0.153. The zero-order valence-electron chi connectivity index (χ0n) is 10.0. The summed E-state index contributed by atoms with van der Waals surface area (Å²) in [6.45, 7) is 3.30. The first kappa shape index (κ1) is 13.6. The van der Waals surface area contributed by atoms with Crippen LogP contribution in [-0.2, 0) is 0 Å². The van der Waals surface area contributed by atoms with E-state index in [1.807, 2.05) is 18.9 Å². The Morgan fingerprint density at radius 3 is 3.00 bits per heavy atom. The van der Waals surface area contributed by atoms with Crippen LogP contribution in [0.3, 0.4) is 0 Å². The fraction of sp³-hybridized carbons (Fsp3) is 0.500. The van der Waals surface area contributed by atoms with Crippen LogP contribution in [0.25, 0.3) is 0 Å². The highest BCUT2D eigenvalue weighted by atomic mass is 32.2. The van der Waals surface area contributed by atoms with Crippen molar-refractivity contribution in [3.8, 4) is 0 Å². The molecule has 0 aliphatic heterocycles. The topological polar surface area (TPSA) is 70.2 Å². The third-order valence-electron chi connectivity index (χ3n) is 1.97. The van der Waals surface area contributed by atoms with Gasteiger partial charge >= 0.3 is 6.03 Å². The van der Waals surface area contributed by atoms with Crippen molar-refractivity contribution in [1.82, 2.24) is 20.0 Å². The minimum Gasteiger partial charge on any atom is -0.358 e. The van der Waals surface area contributed by atoms with Crippen LogP contribution in [0, 0.1) is 0 Å². The summed E-state index contributed by atoms with van der Waals surface area (Å²) in [6.07, 6.45) is 5.01. The number of aromatic nitrogens is 2. The van der Waals surface area contributed by atoms with Crippen LogP contribution in [0.1, 0.15) is 6.92 Å². The fourth-order valence-electron chi connectivity index (χ4n) is 1.10. The third-order valence-corrected chi connectivity index (χ3v) is 2.69. The first-order valence-electron chi connectivity index (χ1n) is 5.36. The van der Waals surface area contributed by atoms with Gasteiger partial charge in [-0.3, -0.25) is 9.71 Å². The van der Waals surface area contributed by atoms with E-state index >= 15 is 0 Å². The number of nitrogens with zero attached hydrogens (tertiary/aromatic N) is 3. The molecule has 17 heavy (non-hydrogen) atoms. The predicted molar refractivity (Wildman–Crippen MR) is 70.0 cm³/mol. The number of carbonyl (C=O) groups is 1. The van der Waals surface area contributed by atoms with Gasteiger partial charge in [0, 0.05) is 38.3 Å². The van der Waals surface area contributed by atoms with E-state index in [-0.39, 0.29) is 6.03 Å². The maximum Gasteiger partial charge on any atom is 0.324 e. The Morgan fingerprint density at radius 2 is 2.35 bits per heavy atom. The highest BCUT2D eigenvalue weighted by Gasteiger charge is 2.02. The van der Waals surface area contributed by atoms with E-state index in [4.69, 9.17) is 0 Å². The highest BCUT2D eigenvalue weighted by molar-refractivity contribution is 7.97. The molecule has 0 aromatic carbocycles. The number of nitrogens with one attached hydrogen (secondary N) is 2. The fourth-order valence-corrected chi connectivity index (χ4v) is 1.77. The summed E-state index contributed by atoms with van der Waals surface area (Å²) in [5.41, 5.74) is 0. The molecular formula is C10H17N5OS. The predicted octanol–water partition coefficient (Wildman–Crippen LogP) is 0.880. The molecule has 2 N–H and O–H groups in total. The van der Waals surface area contributed by atoms with Crippen LogP contribution in [0.15, 0.2) is 18.6 Å². The molecule has 1 aromatic heterocycles. The monoisotopic (exact) mass is 255 g/mol. The Morgan fingerprint density at radius 1 is 1.53 bits per heavy atom. The van der Waals surface area contributed by atoms with Crippen molar-refractivity contribution in [3.63, 3.8) is 0 Å². The molecule has 0 saturated carbocycles. The van der Waals surface area contributed by atoms with Crippen molar-refractivity contribution in [2.24, 2.45) is 0 Å². The quantitative estimate of drug-likeness (QED) is 0.583. The van der Waals surface area contributed by atoms with Gasteiger partial charge in [-0.25, -0.2) is 9.78 Å². The van der Waals surface area contributed by atoms with Gasteiger partial charge < -0.3 is 10.2 Å². The largest absolute Gasteiger partial charge is 0.358 e.